The van der Waals surface area contributed by atoms with Crippen molar-refractivity contribution in [2.24, 2.45) is 0 Å². The Morgan fingerprint density at radius 3 is 1.55 bits per heavy atom. The molecule has 0 heterocycles. The highest BCUT2D eigenvalue weighted by Crippen LogP contribution is 2.38. The fraction of sp³-hybridized carbons (Fsp3) is 0.778. The van der Waals surface area contributed by atoms with Gasteiger partial charge in [0.1, 0.15) is 19.8 Å². The molecule has 0 N–H and O–H groups in total. The zero-order valence-electron chi connectivity index (χ0n) is 35.9. The van der Waals surface area contributed by atoms with Gasteiger partial charge in [-0.1, -0.05) is 159 Å². The Morgan fingerprint density at radius 2 is 1.04 bits per heavy atom. The summed E-state index contributed by atoms with van der Waals surface area (Å²) >= 11 is 0. The topological polar surface area (TPSA) is 111 Å². The van der Waals surface area contributed by atoms with Crippen LogP contribution in [-0.4, -0.2) is 70.0 Å². The second-order valence-electron chi connectivity index (χ2n) is 15.7. The number of esters is 2. The van der Waals surface area contributed by atoms with E-state index in [0.717, 1.165) is 57.8 Å². The van der Waals surface area contributed by atoms with Gasteiger partial charge in [0.2, 0.25) is 0 Å². The summed E-state index contributed by atoms with van der Waals surface area (Å²) in [5.41, 5.74) is 0. The molecule has 55 heavy (non-hydrogen) atoms. The first-order valence-electron chi connectivity index (χ1n) is 21.8. The summed E-state index contributed by atoms with van der Waals surface area (Å²) in [6.07, 6.45) is 42.8. The summed E-state index contributed by atoms with van der Waals surface area (Å²) in [5, 5.41) is 0. The van der Waals surface area contributed by atoms with Crippen molar-refractivity contribution in [1.82, 2.24) is 0 Å². The molecule has 0 saturated heterocycles. The maximum absolute atomic E-state index is 12.6. The van der Waals surface area contributed by atoms with Gasteiger partial charge in [-0.2, -0.15) is 0 Å². The minimum atomic E-state index is -4.63. The van der Waals surface area contributed by atoms with Gasteiger partial charge in [0.05, 0.1) is 27.7 Å². The lowest BCUT2D eigenvalue weighted by molar-refractivity contribution is -0.870. The highest BCUT2D eigenvalue weighted by molar-refractivity contribution is 7.45. The Hall–Kier alpha value is -2.03. The predicted octanol–water partition coefficient (Wildman–Crippen LogP) is 11.7. The van der Waals surface area contributed by atoms with Gasteiger partial charge >= 0.3 is 11.9 Å². The highest BCUT2D eigenvalue weighted by Gasteiger charge is 2.21. The van der Waals surface area contributed by atoms with Crippen molar-refractivity contribution in [3.8, 4) is 0 Å². The largest absolute Gasteiger partial charge is 0.756 e. The standard InChI is InChI=1S/C45H82NO8P/c1-6-8-10-12-14-16-18-20-22-24-25-27-29-31-33-35-37-44(47)51-41-43(42-53-55(49,50)52-40-39-46(3,4)5)54-45(48)38-36-34-32-30-28-26-23-21-19-17-15-13-11-9-7-2/h9,11,15,17,21,23,28,30,43H,6-8,10,12-14,16,18-20,22,24-27,29,31-42H2,1-5H3/b11-9+,17-15+,23-21+,30-28+/t43-/m1/s1. The van der Waals surface area contributed by atoms with Crippen LogP contribution in [0.5, 0.6) is 0 Å². The van der Waals surface area contributed by atoms with Gasteiger partial charge in [-0.15, -0.1) is 0 Å². The predicted molar refractivity (Wildman–Crippen MR) is 227 cm³/mol. The normalized spacial score (nSPS) is 14.1. The molecule has 0 aromatic rings. The first-order valence-corrected chi connectivity index (χ1v) is 23.3. The van der Waals surface area contributed by atoms with E-state index in [0.29, 0.717) is 17.4 Å². The number of unbranched alkanes of at least 4 members (excludes halogenated alkanes) is 17. The molecule has 1 unspecified atom stereocenters. The second-order valence-corrected chi connectivity index (χ2v) is 17.1. The van der Waals surface area contributed by atoms with Crippen LogP contribution in [0.4, 0.5) is 0 Å². The molecule has 0 fully saturated rings. The molecule has 0 aliphatic heterocycles. The molecule has 0 spiro atoms. The number of hydrogen-bond acceptors (Lipinski definition) is 8. The number of carbonyl (C=O) groups excluding carboxylic acids is 2. The maximum Gasteiger partial charge on any atom is 0.306 e. The summed E-state index contributed by atoms with van der Waals surface area (Å²) in [5.74, 6) is -0.881. The van der Waals surface area contributed by atoms with Crippen molar-refractivity contribution in [3.63, 3.8) is 0 Å². The number of nitrogens with zero attached hydrogens (tertiary/aromatic N) is 1. The third kappa shape index (κ3) is 41.4. The molecule has 0 aromatic carbocycles. The lowest BCUT2D eigenvalue weighted by Crippen LogP contribution is -2.37. The number of rotatable bonds is 39. The van der Waals surface area contributed by atoms with E-state index >= 15 is 0 Å². The number of allylic oxidation sites excluding steroid dienone is 8. The summed E-state index contributed by atoms with van der Waals surface area (Å²) in [4.78, 5) is 37.5. The Kier molecular flexibility index (Phi) is 36.2. The molecule has 0 rings (SSSR count). The van der Waals surface area contributed by atoms with E-state index in [1.165, 1.54) is 83.5 Å². The summed E-state index contributed by atoms with van der Waals surface area (Å²) < 4.78 is 33.8. The van der Waals surface area contributed by atoms with Crippen LogP contribution in [0.15, 0.2) is 48.6 Å². The average molecular weight is 796 g/mol. The minimum absolute atomic E-state index is 0.0394. The van der Waals surface area contributed by atoms with Gasteiger partial charge in [-0.25, -0.2) is 0 Å². The van der Waals surface area contributed by atoms with E-state index < -0.39 is 32.5 Å². The molecule has 0 amide bonds. The smallest absolute Gasteiger partial charge is 0.306 e. The first kappa shape index (κ1) is 53.0. The van der Waals surface area contributed by atoms with Crippen LogP contribution in [0, 0.1) is 0 Å². The molecule has 9 nitrogen and oxygen atoms in total. The van der Waals surface area contributed by atoms with E-state index in [-0.39, 0.29) is 26.1 Å². The number of likely N-dealkylation sites (N-methyl/N-ethyl adjacent to an activating group) is 1. The Bertz CT molecular complexity index is 1080. The molecule has 10 heteroatoms. The molecular formula is C45H82NO8P. The van der Waals surface area contributed by atoms with Gasteiger partial charge in [0, 0.05) is 12.8 Å². The number of ether oxygens (including phenoxy) is 2. The maximum atomic E-state index is 12.6. The van der Waals surface area contributed by atoms with E-state index in [9.17, 15) is 19.0 Å². The molecule has 0 saturated carbocycles. The second kappa shape index (κ2) is 37.5. The Balaban J connectivity index is 4.41. The molecule has 0 aliphatic carbocycles. The van der Waals surface area contributed by atoms with Crippen LogP contribution >= 0.6 is 7.82 Å². The minimum Gasteiger partial charge on any atom is -0.756 e. The number of carbonyl (C=O) groups is 2. The van der Waals surface area contributed by atoms with Crippen LogP contribution in [0.1, 0.15) is 174 Å². The van der Waals surface area contributed by atoms with Crippen LogP contribution in [0.3, 0.4) is 0 Å². The van der Waals surface area contributed by atoms with Crippen molar-refractivity contribution < 1.29 is 42.1 Å². The SMILES string of the molecule is CC/C=C/C/C=C/C/C=C/C/C=C/CCCCC(=O)O[C@H](COC(=O)CCCCCCCCCCCCCCCCCC)COP(=O)([O-])OCC[N+](C)(C)C. The monoisotopic (exact) mass is 796 g/mol. The number of phosphoric acid groups is 1. The zero-order valence-corrected chi connectivity index (χ0v) is 36.8. The third-order valence-electron chi connectivity index (χ3n) is 9.11. The van der Waals surface area contributed by atoms with Gasteiger partial charge in [-0.3, -0.25) is 14.2 Å². The molecule has 320 valence electrons. The van der Waals surface area contributed by atoms with Crippen LogP contribution in [-0.2, 0) is 32.7 Å². The van der Waals surface area contributed by atoms with Gasteiger partial charge < -0.3 is 27.9 Å². The summed E-state index contributed by atoms with van der Waals surface area (Å²) in [6, 6.07) is 0. The van der Waals surface area contributed by atoms with Crippen LogP contribution in [0.25, 0.3) is 0 Å². The van der Waals surface area contributed by atoms with E-state index in [2.05, 4.69) is 62.5 Å². The van der Waals surface area contributed by atoms with Gasteiger partial charge in [0.15, 0.2) is 6.10 Å². The van der Waals surface area contributed by atoms with Crippen molar-refractivity contribution in [2.75, 3.05) is 47.5 Å². The zero-order chi connectivity index (χ0) is 40.7. The third-order valence-corrected chi connectivity index (χ3v) is 10.1. The summed E-state index contributed by atoms with van der Waals surface area (Å²) in [6.45, 7) is 4.06. The van der Waals surface area contributed by atoms with Gasteiger partial charge in [-0.05, 0) is 51.4 Å². The highest BCUT2D eigenvalue weighted by atomic mass is 31.2. The van der Waals surface area contributed by atoms with E-state index in [1.807, 2.05) is 21.1 Å². The fourth-order valence-corrected chi connectivity index (χ4v) is 6.43. The van der Waals surface area contributed by atoms with Crippen molar-refractivity contribution in [3.05, 3.63) is 48.6 Å². The molecule has 0 aromatic heterocycles. The molecule has 0 bridgehead atoms. The average Bonchev–Trinajstić information content (AvgIpc) is 3.13. The van der Waals surface area contributed by atoms with Crippen molar-refractivity contribution >= 4 is 19.8 Å². The van der Waals surface area contributed by atoms with Gasteiger partial charge in [0.25, 0.3) is 7.82 Å². The first-order chi connectivity index (χ1) is 26.5. The Morgan fingerprint density at radius 1 is 0.582 bits per heavy atom. The lowest BCUT2D eigenvalue weighted by Gasteiger charge is -2.28. The van der Waals surface area contributed by atoms with E-state index in [4.69, 9.17) is 18.5 Å². The fourth-order valence-electron chi connectivity index (χ4n) is 5.70. The quantitative estimate of drug-likeness (QED) is 0.0199. The van der Waals surface area contributed by atoms with Crippen molar-refractivity contribution in [1.29, 1.82) is 0 Å². The number of phosphoric ester groups is 1. The molecule has 0 aliphatic rings. The Labute approximate surface area is 337 Å². The van der Waals surface area contributed by atoms with Crippen molar-refractivity contribution in [2.45, 2.75) is 180 Å². The lowest BCUT2D eigenvalue weighted by atomic mass is 10.0. The van der Waals surface area contributed by atoms with E-state index in [1.54, 1.807) is 0 Å². The van der Waals surface area contributed by atoms with Crippen LogP contribution in [0.2, 0.25) is 0 Å². The molecule has 2 atom stereocenters. The molecule has 0 radical (unpaired) electrons. The number of quaternary nitrogens is 1. The number of hydrogen-bond donors (Lipinski definition) is 0. The van der Waals surface area contributed by atoms with Crippen LogP contribution < -0.4 is 4.89 Å². The summed E-state index contributed by atoms with van der Waals surface area (Å²) in [7, 11) is 1.14. The molecular weight excluding hydrogens is 713 g/mol.